The van der Waals surface area contributed by atoms with Crippen LogP contribution in [0.2, 0.25) is 5.02 Å². The fourth-order valence-electron chi connectivity index (χ4n) is 8.29. The van der Waals surface area contributed by atoms with E-state index < -0.39 is 0 Å². The number of rotatable bonds is 16. The average Bonchev–Trinajstić information content (AvgIpc) is 3.52. The number of anilines is 1. The van der Waals surface area contributed by atoms with Crippen molar-refractivity contribution in [2.45, 2.75) is 90.0 Å². The maximum Gasteiger partial charge on any atom is 0.123 e. The van der Waals surface area contributed by atoms with Crippen molar-refractivity contribution < 1.29 is 9.47 Å². The Balaban J connectivity index is 1.14. The molecule has 282 valence electrons. The van der Waals surface area contributed by atoms with Gasteiger partial charge in [0.05, 0.1) is 19.2 Å². The first-order valence-corrected chi connectivity index (χ1v) is 19.7. The highest BCUT2D eigenvalue weighted by atomic mass is 35.5. The van der Waals surface area contributed by atoms with Gasteiger partial charge in [-0.15, -0.1) is 0 Å². The largest absolute Gasteiger partial charge is 0.496 e. The van der Waals surface area contributed by atoms with Crippen molar-refractivity contribution in [3.8, 4) is 33.8 Å². The Bertz CT molecular complexity index is 1850. The monoisotopic (exact) mass is 735 g/mol. The Morgan fingerprint density at radius 3 is 2.32 bits per heavy atom. The van der Waals surface area contributed by atoms with Crippen LogP contribution in [0.25, 0.3) is 22.3 Å². The summed E-state index contributed by atoms with van der Waals surface area (Å²) in [7, 11) is 5.70. The van der Waals surface area contributed by atoms with E-state index in [-0.39, 0.29) is 5.54 Å². The van der Waals surface area contributed by atoms with E-state index in [2.05, 4.69) is 78.1 Å². The number of benzene rings is 4. The molecule has 1 saturated heterocycles. The van der Waals surface area contributed by atoms with E-state index in [1.165, 1.54) is 56.7 Å². The number of nitrogens with one attached hydrogen (secondary N) is 4. The zero-order valence-electron chi connectivity index (χ0n) is 32.3. The second-order valence-electron chi connectivity index (χ2n) is 15.7. The first kappa shape index (κ1) is 38.8. The summed E-state index contributed by atoms with van der Waals surface area (Å²) in [6, 6.07) is 25.5. The van der Waals surface area contributed by atoms with Crippen molar-refractivity contribution in [2.75, 3.05) is 39.7 Å². The zero-order valence-corrected chi connectivity index (χ0v) is 33.0. The summed E-state index contributed by atoms with van der Waals surface area (Å²) in [6.45, 7) is 8.80. The Morgan fingerprint density at radius 1 is 0.868 bits per heavy atom. The van der Waals surface area contributed by atoms with Gasteiger partial charge in [-0.2, -0.15) is 0 Å². The summed E-state index contributed by atoms with van der Waals surface area (Å²) in [5.41, 5.74) is 9.01. The highest BCUT2D eigenvalue weighted by Gasteiger charge is 2.29. The summed E-state index contributed by atoms with van der Waals surface area (Å²) in [5, 5.41) is 20.0. The highest BCUT2D eigenvalue weighted by Crippen LogP contribution is 2.40. The van der Waals surface area contributed by atoms with E-state index in [1.807, 2.05) is 36.4 Å². The molecule has 1 heterocycles. The Kier molecular flexibility index (Phi) is 13.2. The molecule has 7 nitrogen and oxygen atoms in total. The van der Waals surface area contributed by atoms with E-state index in [0.29, 0.717) is 17.6 Å². The molecule has 1 aliphatic heterocycles. The molecule has 1 atom stereocenters. The van der Waals surface area contributed by atoms with Crippen LogP contribution in [-0.4, -0.2) is 57.1 Å². The molecule has 4 N–H and O–H groups in total. The van der Waals surface area contributed by atoms with Gasteiger partial charge in [0.2, 0.25) is 0 Å². The standard InChI is InChI=1S/C45H58ClN5O2/c1-45(2)22-21-36(50-45)28-48-27-34-20-19-33(24-43(34)53-5)37-13-9-15-39(44(37)46)38-14-10-16-41(40(38)25-47)49-26-32-17-18-35(42(23-32)52-4)30-51(3)29-31-11-7-6-8-12-31/h9-10,13-20,23-25,31,36,47-50H,6-8,11-12,21-22,26-30H2,1-5H3. The van der Waals surface area contributed by atoms with E-state index >= 15 is 0 Å². The lowest BCUT2D eigenvalue weighted by atomic mass is 9.89. The smallest absolute Gasteiger partial charge is 0.123 e. The van der Waals surface area contributed by atoms with Crippen molar-refractivity contribution in [3.63, 3.8) is 0 Å². The lowest BCUT2D eigenvalue weighted by Gasteiger charge is -2.27. The predicted octanol–water partition coefficient (Wildman–Crippen LogP) is 9.93. The Labute approximate surface area is 322 Å². The molecule has 0 aromatic heterocycles. The first-order valence-electron chi connectivity index (χ1n) is 19.3. The van der Waals surface area contributed by atoms with Gasteiger partial charge in [0, 0.05) is 84.0 Å². The molecule has 2 aliphatic rings. The second kappa shape index (κ2) is 18.0. The molecule has 1 aliphatic carbocycles. The molecule has 2 fully saturated rings. The van der Waals surface area contributed by atoms with Crippen LogP contribution >= 0.6 is 11.6 Å². The van der Waals surface area contributed by atoms with E-state index in [4.69, 9.17) is 26.5 Å². The minimum atomic E-state index is 0.211. The van der Waals surface area contributed by atoms with Crippen LogP contribution in [0, 0.1) is 11.3 Å². The topological polar surface area (TPSA) is 81.6 Å². The number of hydrogen-bond donors (Lipinski definition) is 4. The quantitative estimate of drug-likeness (QED) is 0.0858. The minimum absolute atomic E-state index is 0.211. The highest BCUT2D eigenvalue weighted by molar-refractivity contribution is 6.36. The van der Waals surface area contributed by atoms with Crippen LogP contribution in [-0.2, 0) is 19.6 Å². The molecule has 0 radical (unpaired) electrons. The minimum Gasteiger partial charge on any atom is -0.496 e. The Hall–Kier alpha value is -3.88. The third-order valence-corrected chi connectivity index (χ3v) is 11.5. The van der Waals surface area contributed by atoms with Crippen molar-refractivity contribution in [1.82, 2.24) is 15.5 Å². The SMILES string of the molecule is COc1cc(-c2cccc(-c3cccc(NCc4ccc(CN(C)CC5CCCCC5)c(OC)c4)c3C=N)c2Cl)ccc1CNCC1CCC(C)(C)N1. The molecule has 4 aromatic rings. The third kappa shape index (κ3) is 9.81. The molecule has 0 bridgehead atoms. The molecule has 53 heavy (non-hydrogen) atoms. The summed E-state index contributed by atoms with van der Waals surface area (Å²) in [6.07, 6.45) is 10.6. The van der Waals surface area contributed by atoms with Crippen molar-refractivity contribution in [2.24, 2.45) is 5.92 Å². The van der Waals surface area contributed by atoms with Crippen LogP contribution in [0.15, 0.2) is 72.8 Å². The molecule has 4 aromatic carbocycles. The van der Waals surface area contributed by atoms with Gasteiger partial charge in [0.15, 0.2) is 0 Å². The zero-order chi connectivity index (χ0) is 37.4. The predicted molar refractivity (Wildman–Crippen MR) is 222 cm³/mol. The first-order chi connectivity index (χ1) is 25.7. The van der Waals surface area contributed by atoms with Gasteiger partial charge in [-0.1, -0.05) is 85.5 Å². The summed E-state index contributed by atoms with van der Waals surface area (Å²) >= 11 is 7.21. The molecular formula is C45H58ClN5O2. The number of methoxy groups -OCH3 is 2. The van der Waals surface area contributed by atoms with Crippen LogP contribution < -0.4 is 25.4 Å². The van der Waals surface area contributed by atoms with Gasteiger partial charge in [0.1, 0.15) is 11.5 Å². The lowest BCUT2D eigenvalue weighted by Crippen LogP contribution is -2.42. The molecule has 0 amide bonds. The summed E-state index contributed by atoms with van der Waals surface area (Å²) < 4.78 is 11.7. The second-order valence-corrected chi connectivity index (χ2v) is 16.1. The normalized spacial score (nSPS) is 17.2. The van der Waals surface area contributed by atoms with Crippen molar-refractivity contribution in [3.05, 3.63) is 100 Å². The summed E-state index contributed by atoms with van der Waals surface area (Å²) in [5.74, 6) is 2.55. The van der Waals surface area contributed by atoms with Crippen LogP contribution in [0.5, 0.6) is 11.5 Å². The third-order valence-electron chi connectivity index (χ3n) is 11.1. The molecule has 0 spiro atoms. The van der Waals surface area contributed by atoms with Crippen LogP contribution in [0.3, 0.4) is 0 Å². The fourth-order valence-corrected chi connectivity index (χ4v) is 8.63. The average molecular weight is 736 g/mol. The fraction of sp³-hybridized carbons (Fsp3) is 0.444. The van der Waals surface area contributed by atoms with Crippen molar-refractivity contribution in [1.29, 1.82) is 5.41 Å². The van der Waals surface area contributed by atoms with Crippen molar-refractivity contribution >= 4 is 23.5 Å². The number of nitrogens with zero attached hydrogens (tertiary/aromatic N) is 1. The maximum atomic E-state index is 8.44. The maximum absolute atomic E-state index is 8.44. The molecule has 1 saturated carbocycles. The van der Waals surface area contributed by atoms with Crippen LogP contribution in [0.4, 0.5) is 5.69 Å². The number of halogens is 1. The Morgan fingerprint density at radius 2 is 1.58 bits per heavy atom. The van der Waals surface area contributed by atoms with Gasteiger partial charge in [-0.3, -0.25) is 0 Å². The van der Waals surface area contributed by atoms with Gasteiger partial charge in [-0.05, 0) is 87.4 Å². The van der Waals surface area contributed by atoms with Gasteiger partial charge >= 0.3 is 0 Å². The van der Waals surface area contributed by atoms with Gasteiger partial charge in [0.25, 0.3) is 0 Å². The number of ether oxygens (including phenoxy) is 2. The van der Waals surface area contributed by atoms with Gasteiger partial charge in [-0.25, -0.2) is 0 Å². The molecule has 6 rings (SSSR count). The lowest BCUT2D eigenvalue weighted by molar-refractivity contribution is 0.226. The van der Waals surface area contributed by atoms with E-state index in [1.54, 1.807) is 14.2 Å². The summed E-state index contributed by atoms with van der Waals surface area (Å²) in [4.78, 5) is 2.44. The van der Waals surface area contributed by atoms with Crippen LogP contribution in [0.1, 0.15) is 81.0 Å². The van der Waals surface area contributed by atoms with E-state index in [9.17, 15) is 0 Å². The molecular weight excluding hydrogens is 678 g/mol. The molecule has 1 unspecified atom stereocenters. The number of hydrogen-bond acceptors (Lipinski definition) is 7. The van der Waals surface area contributed by atoms with Gasteiger partial charge < -0.3 is 35.7 Å². The molecule has 8 heteroatoms. The van der Waals surface area contributed by atoms with E-state index in [0.717, 1.165) is 88.2 Å².